The van der Waals surface area contributed by atoms with E-state index in [2.05, 4.69) is 11.8 Å². The summed E-state index contributed by atoms with van der Waals surface area (Å²) >= 11 is 0. The fourth-order valence-electron chi connectivity index (χ4n) is 1.97. The largest absolute Gasteiger partial charge is 0.304 e. The Morgan fingerprint density at radius 3 is 2.38 bits per heavy atom. The summed E-state index contributed by atoms with van der Waals surface area (Å²) in [7, 11) is 0. The molecule has 0 saturated carbocycles. The first kappa shape index (κ1) is 10.7. The van der Waals surface area contributed by atoms with Gasteiger partial charge in [-0.3, -0.25) is 4.79 Å². The summed E-state index contributed by atoms with van der Waals surface area (Å²) in [4.78, 5) is 13.7. The molecule has 1 heterocycles. The molecule has 0 aliphatic carbocycles. The number of nitrogens with zero attached hydrogens (tertiary/aromatic N) is 1. The van der Waals surface area contributed by atoms with Gasteiger partial charge in [-0.25, -0.2) is 0 Å². The quantitative estimate of drug-likeness (QED) is 0.665. The Morgan fingerprint density at radius 2 is 1.92 bits per heavy atom. The molecule has 2 heteroatoms. The summed E-state index contributed by atoms with van der Waals surface area (Å²) in [6.07, 6.45) is 3.99. The summed E-state index contributed by atoms with van der Waals surface area (Å²) in [5.41, 5.74) is 0. The van der Waals surface area contributed by atoms with E-state index in [0.717, 1.165) is 13.0 Å². The summed E-state index contributed by atoms with van der Waals surface area (Å²) in [6, 6.07) is 0. The lowest BCUT2D eigenvalue weighted by Gasteiger charge is -2.30. The highest BCUT2D eigenvalue weighted by molar-refractivity contribution is 5.78. The van der Waals surface area contributed by atoms with Crippen LogP contribution in [0.5, 0.6) is 0 Å². The van der Waals surface area contributed by atoms with E-state index in [9.17, 15) is 4.79 Å². The maximum absolute atomic E-state index is 11.2. The van der Waals surface area contributed by atoms with Crippen molar-refractivity contribution in [1.82, 2.24) is 4.90 Å². The molecule has 0 spiro atoms. The van der Waals surface area contributed by atoms with E-state index >= 15 is 0 Å². The van der Waals surface area contributed by atoms with E-state index in [0.29, 0.717) is 18.1 Å². The van der Waals surface area contributed by atoms with Gasteiger partial charge in [0.1, 0.15) is 5.78 Å². The Kier molecular flexibility index (Phi) is 4.43. The summed E-state index contributed by atoms with van der Waals surface area (Å²) < 4.78 is 0. The zero-order valence-electron chi connectivity index (χ0n) is 8.88. The van der Waals surface area contributed by atoms with E-state index in [1.807, 2.05) is 6.92 Å². The summed E-state index contributed by atoms with van der Waals surface area (Å²) in [6.45, 7) is 7.71. The first-order chi connectivity index (χ1) is 6.26. The minimum absolute atomic E-state index is 0.440. The second-order valence-electron chi connectivity index (χ2n) is 3.97. The van der Waals surface area contributed by atoms with Crippen LogP contribution in [-0.2, 0) is 4.79 Å². The van der Waals surface area contributed by atoms with Gasteiger partial charge in [-0.2, -0.15) is 0 Å². The molecule has 0 amide bonds. The van der Waals surface area contributed by atoms with Gasteiger partial charge in [-0.15, -0.1) is 0 Å². The summed E-state index contributed by atoms with van der Waals surface area (Å²) in [5.74, 6) is 1.12. The second-order valence-corrected chi connectivity index (χ2v) is 3.97. The molecule has 1 rings (SSSR count). The molecule has 76 valence electrons. The molecular weight excluding hydrogens is 162 g/mol. The fraction of sp³-hybridized carbons (Fsp3) is 0.909. The van der Waals surface area contributed by atoms with Crippen molar-refractivity contribution in [2.24, 2.45) is 5.92 Å². The molecule has 1 saturated heterocycles. The highest BCUT2D eigenvalue weighted by atomic mass is 16.1. The first-order valence-corrected chi connectivity index (χ1v) is 5.50. The van der Waals surface area contributed by atoms with Crippen LogP contribution in [0.25, 0.3) is 0 Å². The van der Waals surface area contributed by atoms with Crippen molar-refractivity contribution >= 4 is 5.78 Å². The maximum Gasteiger partial charge on any atom is 0.132 e. The van der Waals surface area contributed by atoms with Gasteiger partial charge in [-0.05, 0) is 38.4 Å². The Hall–Kier alpha value is -0.370. The van der Waals surface area contributed by atoms with Crippen LogP contribution >= 0.6 is 0 Å². The number of carbonyl (C=O) groups is 1. The number of likely N-dealkylation sites (tertiary alicyclic amines) is 1. The van der Waals surface area contributed by atoms with Gasteiger partial charge in [0, 0.05) is 12.8 Å². The van der Waals surface area contributed by atoms with Crippen LogP contribution in [0.3, 0.4) is 0 Å². The van der Waals surface area contributed by atoms with Gasteiger partial charge < -0.3 is 4.90 Å². The van der Waals surface area contributed by atoms with E-state index in [-0.39, 0.29) is 0 Å². The molecule has 0 radical (unpaired) electrons. The number of ketones is 1. The smallest absolute Gasteiger partial charge is 0.132 e. The molecule has 2 nitrogen and oxygen atoms in total. The molecule has 0 aromatic rings. The molecule has 0 aromatic heterocycles. The normalized spacial score (nSPS) is 20.5. The van der Waals surface area contributed by atoms with Crippen molar-refractivity contribution in [2.75, 3.05) is 19.6 Å². The standard InChI is InChI=1S/C11H21NO/c1-3-11(13)9-10-5-7-12(4-2)8-6-10/h10H,3-9H2,1-2H3. The monoisotopic (exact) mass is 183 g/mol. The van der Waals surface area contributed by atoms with E-state index in [1.165, 1.54) is 25.9 Å². The van der Waals surface area contributed by atoms with Gasteiger partial charge in [0.25, 0.3) is 0 Å². The number of rotatable bonds is 4. The molecule has 0 N–H and O–H groups in total. The molecular formula is C11H21NO. The van der Waals surface area contributed by atoms with E-state index < -0.39 is 0 Å². The predicted molar refractivity (Wildman–Crippen MR) is 54.8 cm³/mol. The van der Waals surface area contributed by atoms with Crippen LogP contribution in [0, 0.1) is 5.92 Å². The summed E-state index contributed by atoms with van der Waals surface area (Å²) in [5, 5.41) is 0. The van der Waals surface area contributed by atoms with Crippen LogP contribution in [0.15, 0.2) is 0 Å². The van der Waals surface area contributed by atoms with Crippen LogP contribution in [0.1, 0.15) is 39.5 Å². The van der Waals surface area contributed by atoms with Crippen molar-refractivity contribution in [3.63, 3.8) is 0 Å². The third-order valence-electron chi connectivity index (χ3n) is 3.07. The fourth-order valence-corrected chi connectivity index (χ4v) is 1.97. The molecule has 1 aliphatic heterocycles. The lowest BCUT2D eigenvalue weighted by molar-refractivity contribution is -0.120. The number of Topliss-reactive ketones (excluding diaryl/α,β-unsaturated/α-hetero) is 1. The first-order valence-electron chi connectivity index (χ1n) is 5.50. The topological polar surface area (TPSA) is 20.3 Å². The van der Waals surface area contributed by atoms with Crippen molar-refractivity contribution in [2.45, 2.75) is 39.5 Å². The van der Waals surface area contributed by atoms with Crippen LogP contribution in [-0.4, -0.2) is 30.3 Å². The van der Waals surface area contributed by atoms with Gasteiger partial charge in [0.15, 0.2) is 0 Å². The van der Waals surface area contributed by atoms with Crippen LogP contribution in [0.4, 0.5) is 0 Å². The lowest BCUT2D eigenvalue weighted by Crippen LogP contribution is -2.34. The van der Waals surface area contributed by atoms with Crippen LogP contribution in [0.2, 0.25) is 0 Å². The Labute approximate surface area is 81.3 Å². The van der Waals surface area contributed by atoms with Gasteiger partial charge in [0.2, 0.25) is 0 Å². The Morgan fingerprint density at radius 1 is 1.31 bits per heavy atom. The SMILES string of the molecule is CCC(=O)CC1CCN(CC)CC1. The van der Waals surface area contributed by atoms with E-state index in [4.69, 9.17) is 0 Å². The maximum atomic E-state index is 11.2. The molecule has 0 atom stereocenters. The number of hydrogen-bond acceptors (Lipinski definition) is 2. The molecule has 1 fully saturated rings. The number of carbonyl (C=O) groups excluding carboxylic acids is 1. The van der Waals surface area contributed by atoms with Crippen LogP contribution < -0.4 is 0 Å². The minimum atomic E-state index is 0.440. The van der Waals surface area contributed by atoms with Gasteiger partial charge in [-0.1, -0.05) is 13.8 Å². The molecule has 13 heavy (non-hydrogen) atoms. The average Bonchev–Trinajstić information content (AvgIpc) is 2.19. The van der Waals surface area contributed by atoms with Gasteiger partial charge >= 0.3 is 0 Å². The Balaban J connectivity index is 2.21. The predicted octanol–water partition coefficient (Wildman–Crippen LogP) is 2.09. The van der Waals surface area contributed by atoms with Crippen molar-refractivity contribution < 1.29 is 4.79 Å². The highest BCUT2D eigenvalue weighted by Gasteiger charge is 2.19. The molecule has 0 bridgehead atoms. The molecule has 0 unspecified atom stereocenters. The lowest BCUT2D eigenvalue weighted by atomic mass is 9.91. The van der Waals surface area contributed by atoms with Crippen molar-refractivity contribution in [3.05, 3.63) is 0 Å². The zero-order valence-corrected chi connectivity index (χ0v) is 8.88. The number of piperidine rings is 1. The van der Waals surface area contributed by atoms with Gasteiger partial charge in [0.05, 0.1) is 0 Å². The highest BCUT2D eigenvalue weighted by Crippen LogP contribution is 2.20. The second kappa shape index (κ2) is 5.38. The Bertz CT molecular complexity index is 159. The molecule has 0 aromatic carbocycles. The van der Waals surface area contributed by atoms with Crippen molar-refractivity contribution in [3.8, 4) is 0 Å². The zero-order chi connectivity index (χ0) is 9.68. The van der Waals surface area contributed by atoms with E-state index in [1.54, 1.807) is 0 Å². The number of hydrogen-bond donors (Lipinski definition) is 0. The third kappa shape index (κ3) is 3.47. The minimum Gasteiger partial charge on any atom is -0.304 e. The van der Waals surface area contributed by atoms with Crippen molar-refractivity contribution in [1.29, 1.82) is 0 Å². The average molecular weight is 183 g/mol. The third-order valence-corrected chi connectivity index (χ3v) is 3.07. The molecule has 1 aliphatic rings.